The van der Waals surface area contributed by atoms with E-state index in [0.717, 1.165) is 0 Å². The van der Waals surface area contributed by atoms with Crippen LogP contribution in [0.15, 0.2) is 72.8 Å². The number of hydrogen-bond acceptors (Lipinski definition) is 4. The van der Waals surface area contributed by atoms with Gasteiger partial charge in [-0.2, -0.15) is 0 Å². The lowest BCUT2D eigenvalue weighted by Gasteiger charge is -1.76. The first-order valence-electron chi connectivity index (χ1n) is 9.44. The summed E-state index contributed by atoms with van der Waals surface area (Å²) in [7, 11) is 2.86. The highest BCUT2D eigenvalue weighted by Gasteiger charge is 1.58. The molecule has 0 spiro atoms. The van der Waals surface area contributed by atoms with Crippen LogP contribution in [0.4, 0.5) is 0 Å². The molecular weight excluding hydrogens is 340 g/mol. The molecule has 0 amide bonds. The van der Waals surface area contributed by atoms with Gasteiger partial charge in [0, 0.05) is 14.2 Å². The van der Waals surface area contributed by atoms with E-state index >= 15 is 0 Å². The van der Waals surface area contributed by atoms with Gasteiger partial charge in [-0.3, -0.25) is 0 Å². The van der Waals surface area contributed by atoms with Gasteiger partial charge in [-0.25, -0.2) is 0 Å². The highest BCUT2D eigenvalue weighted by Crippen LogP contribution is 1.80. The van der Waals surface area contributed by atoms with Crippen molar-refractivity contribution in [1.82, 2.24) is 0 Å². The first-order chi connectivity index (χ1) is 13.2. The molecule has 0 fully saturated rings. The summed E-state index contributed by atoms with van der Waals surface area (Å²) in [5.41, 5.74) is 0. The summed E-state index contributed by atoms with van der Waals surface area (Å²) in [4.78, 5) is 0. The zero-order valence-corrected chi connectivity index (χ0v) is 18.8. The Hall–Kier alpha value is -1.72. The number of aliphatic hydroxyl groups excluding tert-OH is 2. The Morgan fingerprint density at radius 3 is 0.593 bits per heavy atom. The minimum atomic E-state index is -0.181. The largest absolute Gasteiger partial charge is 0.371 e. The third-order valence-electron chi connectivity index (χ3n) is 1.59. The van der Waals surface area contributed by atoms with Gasteiger partial charge in [0.15, 0.2) is 0 Å². The van der Waals surface area contributed by atoms with Gasteiger partial charge in [0.2, 0.25) is 0 Å². The zero-order chi connectivity index (χ0) is 22.0. The van der Waals surface area contributed by atoms with E-state index in [4.69, 9.17) is 10.2 Å². The number of rotatable bonds is 2. The second-order valence-corrected chi connectivity index (χ2v) is 3.85. The van der Waals surface area contributed by atoms with Crippen molar-refractivity contribution in [3.63, 3.8) is 0 Å². The van der Waals surface area contributed by atoms with Gasteiger partial charge in [0.25, 0.3) is 0 Å². The van der Waals surface area contributed by atoms with Crippen LogP contribution in [0.2, 0.25) is 0 Å². The van der Waals surface area contributed by atoms with Crippen molar-refractivity contribution < 1.29 is 19.7 Å². The average Bonchev–Trinajstić information content (AvgIpc) is 2.80. The van der Waals surface area contributed by atoms with E-state index in [-0.39, 0.29) is 13.6 Å². The quantitative estimate of drug-likeness (QED) is 0.623. The molecule has 0 heterocycles. The van der Waals surface area contributed by atoms with Gasteiger partial charge >= 0.3 is 0 Å². The summed E-state index contributed by atoms with van der Waals surface area (Å²) in [5.74, 6) is 0. The maximum Gasteiger partial charge on any atom is 0.143 e. The van der Waals surface area contributed by atoms with Crippen molar-refractivity contribution in [3.05, 3.63) is 72.8 Å². The molecule has 0 bridgehead atoms. The lowest BCUT2D eigenvalue weighted by molar-refractivity contribution is 0.0322. The minimum absolute atomic E-state index is 0.181. The van der Waals surface area contributed by atoms with Crippen LogP contribution in [-0.2, 0) is 9.47 Å². The van der Waals surface area contributed by atoms with Crippen LogP contribution >= 0.6 is 0 Å². The fourth-order valence-corrected chi connectivity index (χ4v) is 0.770. The molecule has 0 unspecified atom stereocenters. The van der Waals surface area contributed by atoms with E-state index in [1.165, 1.54) is 20.6 Å². The number of benzene rings is 2. The Bertz CT molecular complexity index is 249. The maximum atomic E-state index is 7.65. The predicted octanol–water partition coefficient (Wildman–Crippen LogP) is 6.01. The van der Waals surface area contributed by atoms with E-state index in [1.807, 2.05) is 100 Å². The first-order valence-corrected chi connectivity index (χ1v) is 9.44. The van der Waals surface area contributed by atoms with Crippen molar-refractivity contribution in [2.24, 2.45) is 0 Å². The van der Waals surface area contributed by atoms with Crippen LogP contribution in [0.3, 0.4) is 0 Å². The molecule has 0 saturated heterocycles. The van der Waals surface area contributed by atoms with Crippen LogP contribution in [-0.4, -0.2) is 38.0 Å². The predicted molar refractivity (Wildman–Crippen MR) is 120 cm³/mol. The molecule has 0 aliphatic carbocycles. The highest BCUT2D eigenvalue weighted by molar-refractivity contribution is 4.99. The van der Waals surface area contributed by atoms with Crippen molar-refractivity contribution >= 4 is 0 Å². The minimum Gasteiger partial charge on any atom is -0.371 e. The lowest BCUT2D eigenvalue weighted by atomic mass is 10.4. The van der Waals surface area contributed by atoms with E-state index in [2.05, 4.69) is 23.3 Å². The van der Waals surface area contributed by atoms with E-state index in [1.54, 1.807) is 0 Å². The van der Waals surface area contributed by atoms with Gasteiger partial charge in [0.1, 0.15) is 13.6 Å². The Kier molecular flexibility index (Phi) is 75.6. The lowest BCUT2D eigenvalue weighted by Crippen LogP contribution is -1.79. The molecule has 4 heteroatoms. The molecule has 2 aromatic carbocycles. The van der Waals surface area contributed by atoms with Crippen LogP contribution in [0.25, 0.3) is 0 Å². The summed E-state index contributed by atoms with van der Waals surface area (Å²) in [6.45, 7) is 11.9. The monoisotopic (exact) mass is 384 g/mol. The second kappa shape index (κ2) is 56.4. The fraction of sp³-hybridized carbons (Fsp3) is 0.478. The summed E-state index contributed by atoms with van der Waals surface area (Å²) in [6.07, 6.45) is 1.25. The Morgan fingerprint density at radius 2 is 0.556 bits per heavy atom. The van der Waals surface area contributed by atoms with Crippen LogP contribution in [0.5, 0.6) is 0 Å². The van der Waals surface area contributed by atoms with E-state index < -0.39 is 0 Å². The van der Waals surface area contributed by atoms with Crippen LogP contribution < -0.4 is 0 Å². The molecule has 27 heavy (non-hydrogen) atoms. The van der Waals surface area contributed by atoms with Gasteiger partial charge in [-0.05, 0) is 0 Å². The molecule has 2 rings (SSSR count). The number of hydrogen-bond donors (Lipinski definition) is 2. The average molecular weight is 385 g/mol. The molecule has 160 valence electrons. The Balaban J connectivity index is -0.0000000730. The topological polar surface area (TPSA) is 58.9 Å². The molecule has 0 aliphatic rings. The molecule has 2 aromatic rings. The summed E-state index contributed by atoms with van der Waals surface area (Å²) in [5, 5.41) is 15.3. The fourth-order valence-electron chi connectivity index (χ4n) is 0.770. The SMILES string of the molecule is CC.CC.CCC.COCO.COCO.c1ccccc1.c1ccccc1. The highest BCUT2D eigenvalue weighted by atomic mass is 16.6. The molecule has 2 N–H and O–H groups in total. The molecule has 0 aliphatic heterocycles. The molecule has 0 atom stereocenters. The number of methoxy groups -OCH3 is 2. The van der Waals surface area contributed by atoms with E-state index in [9.17, 15) is 0 Å². The van der Waals surface area contributed by atoms with Crippen molar-refractivity contribution in [3.8, 4) is 0 Å². The van der Waals surface area contributed by atoms with Crippen molar-refractivity contribution in [2.45, 2.75) is 48.0 Å². The number of ether oxygens (including phenoxy) is 2. The molecule has 0 aromatic heterocycles. The Morgan fingerprint density at radius 1 is 0.481 bits per heavy atom. The van der Waals surface area contributed by atoms with Crippen molar-refractivity contribution in [2.75, 3.05) is 27.8 Å². The third-order valence-corrected chi connectivity index (χ3v) is 1.59. The van der Waals surface area contributed by atoms with Crippen LogP contribution in [0.1, 0.15) is 48.0 Å². The van der Waals surface area contributed by atoms with Gasteiger partial charge in [-0.1, -0.05) is 121 Å². The maximum absolute atomic E-state index is 7.65. The van der Waals surface area contributed by atoms with E-state index in [0.29, 0.717) is 0 Å². The van der Waals surface area contributed by atoms with Gasteiger partial charge in [0.05, 0.1) is 0 Å². The summed E-state index contributed by atoms with van der Waals surface area (Å²) >= 11 is 0. The first kappa shape index (κ1) is 36.2. The normalized spacial score (nSPS) is 6.89. The second-order valence-electron chi connectivity index (χ2n) is 3.85. The number of aliphatic hydroxyl groups is 2. The molecule has 4 nitrogen and oxygen atoms in total. The zero-order valence-electron chi connectivity index (χ0n) is 18.8. The third kappa shape index (κ3) is 79.9. The van der Waals surface area contributed by atoms with Gasteiger partial charge < -0.3 is 19.7 Å². The molecule has 0 saturated carbocycles. The van der Waals surface area contributed by atoms with Crippen molar-refractivity contribution in [1.29, 1.82) is 0 Å². The molecular formula is C23H44O4. The summed E-state index contributed by atoms with van der Waals surface area (Å²) in [6, 6.07) is 24.0. The smallest absolute Gasteiger partial charge is 0.143 e. The Labute approximate surface area is 168 Å². The summed E-state index contributed by atoms with van der Waals surface area (Å²) < 4.78 is 8.19. The van der Waals surface area contributed by atoms with Crippen LogP contribution in [0, 0.1) is 0 Å². The standard InChI is InChI=1S/2C6H6.C3H8.2C2H6O2.2C2H6/c2*1-2-4-6-5-3-1;1-3-2;2*1-4-2-3;2*1-2/h2*1-6H;3H2,1-2H3;2*3H,2H2,1H3;2*1-2H3. The molecule has 0 radical (unpaired) electrons. The van der Waals surface area contributed by atoms with Gasteiger partial charge in [-0.15, -0.1) is 0 Å².